The molecule has 32 heavy (non-hydrogen) atoms. The van der Waals surface area contributed by atoms with E-state index in [-0.39, 0.29) is 6.03 Å². The second-order valence-electron chi connectivity index (χ2n) is 8.23. The van der Waals surface area contributed by atoms with Crippen LogP contribution >= 0.6 is 11.8 Å². The van der Waals surface area contributed by atoms with Gasteiger partial charge in [0.05, 0.1) is 34.5 Å². The van der Waals surface area contributed by atoms with Crippen LogP contribution in [0.15, 0.2) is 30.3 Å². The van der Waals surface area contributed by atoms with E-state index in [9.17, 15) is 10.1 Å². The number of likely N-dealkylation sites (tertiary alicyclic amines) is 1. The highest BCUT2D eigenvalue weighted by molar-refractivity contribution is 8.09. The lowest BCUT2D eigenvalue weighted by Gasteiger charge is -2.43. The minimum absolute atomic E-state index is 0.294. The zero-order chi connectivity index (χ0) is 23.0. The van der Waals surface area contributed by atoms with Crippen molar-refractivity contribution in [3.63, 3.8) is 0 Å². The van der Waals surface area contributed by atoms with E-state index in [0.717, 1.165) is 5.56 Å². The van der Waals surface area contributed by atoms with E-state index in [1.165, 1.54) is 11.8 Å². The molecule has 1 unspecified atom stereocenters. The van der Waals surface area contributed by atoms with Crippen molar-refractivity contribution in [3.8, 4) is 12.1 Å². The number of benzene rings is 1. The average molecular weight is 449 g/mol. The molecular weight excluding hydrogens is 427 g/mol. The molecule has 2 aliphatic rings. The fourth-order valence-corrected chi connectivity index (χ4v) is 4.96. The zero-order valence-corrected chi connectivity index (χ0v) is 18.7. The SMILES string of the molecule is Cc1cc(C2=C(c3cccc(C#N)c3)NC(NC(=O)N3CC(C)(C#N)C3)S2)c(F)c(C)n1. The summed E-state index contributed by atoms with van der Waals surface area (Å²) in [5.41, 5.74) is 2.14. The summed E-state index contributed by atoms with van der Waals surface area (Å²) < 4.78 is 15.1. The van der Waals surface area contributed by atoms with Gasteiger partial charge in [0.25, 0.3) is 0 Å². The highest BCUT2D eigenvalue weighted by Crippen LogP contribution is 2.43. The Morgan fingerprint density at radius 3 is 2.78 bits per heavy atom. The van der Waals surface area contributed by atoms with E-state index in [1.807, 2.05) is 13.0 Å². The van der Waals surface area contributed by atoms with Crippen LogP contribution in [0.5, 0.6) is 0 Å². The zero-order valence-electron chi connectivity index (χ0n) is 17.9. The van der Waals surface area contributed by atoms with Gasteiger partial charge in [0, 0.05) is 34.8 Å². The Morgan fingerprint density at radius 1 is 1.34 bits per heavy atom. The maximum absolute atomic E-state index is 15.1. The van der Waals surface area contributed by atoms with Crippen LogP contribution in [-0.4, -0.2) is 34.5 Å². The highest BCUT2D eigenvalue weighted by Gasteiger charge is 2.42. The summed E-state index contributed by atoms with van der Waals surface area (Å²) in [7, 11) is 0. The van der Waals surface area contributed by atoms with Gasteiger partial charge in [-0.15, -0.1) is 0 Å². The number of aromatic nitrogens is 1. The molecule has 1 aromatic carbocycles. The van der Waals surface area contributed by atoms with Gasteiger partial charge in [-0.1, -0.05) is 23.9 Å². The van der Waals surface area contributed by atoms with Gasteiger partial charge in [-0.05, 0) is 39.0 Å². The van der Waals surface area contributed by atoms with Crippen molar-refractivity contribution >= 4 is 28.4 Å². The van der Waals surface area contributed by atoms with Crippen LogP contribution in [-0.2, 0) is 0 Å². The van der Waals surface area contributed by atoms with E-state index < -0.39 is 16.7 Å². The van der Waals surface area contributed by atoms with Crippen LogP contribution < -0.4 is 10.6 Å². The van der Waals surface area contributed by atoms with Gasteiger partial charge < -0.3 is 15.5 Å². The first kappa shape index (κ1) is 21.7. The molecule has 1 fully saturated rings. The molecule has 4 rings (SSSR count). The average Bonchev–Trinajstić information content (AvgIpc) is 3.17. The molecule has 2 aliphatic heterocycles. The number of nitrogens with zero attached hydrogens (tertiary/aromatic N) is 4. The molecule has 1 aromatic heterocycles. The van der Waals surface area contributed by atoms with Crippen molar-refractivity contribution in [2.45, 2.75) is 26.3 Å². The van der Waals surface area contributed by atoms with Gasteiger partial charge in [0.1, 0.15) is 0 Å². The minimum atomic E-state index is -0.541. The van der Waals surface area contributed by atoms with Crippen molar-refractivity contribution in [2.75, 3.05) is 13.1 Å². The van der Waals surface area contributed by atoms with Gasteiger partial charge >= 0.3 is 6.03 Å². The number of hydrogen-bond donors (Lipinski definition) is 2. The molecule has 9 heteroatoms. The number of rotatable bonds is 3. The van der Waals surface area contributed by atoms with E-state index in [4.69, 9.17) is 5.26 Å². The van der Waals surface area contributed by atoms with E-state index in [2.05, 4.69) is 27.8 Å². The largest absolute Gasteiger partial charge is 0.355 e. The fourth-order valence-electron chi connectivity index (χ4n) is 3.82. The number of nitriles is 2. The van der Waals surface area contributed by atoms with Gasteiger partial charge in [0.15, 0.2) is 11.3 Å². The third kappa shape index (κ3) is 4.00. The Hall–Kier alpha value is -3.56. The smallest absolute Gasteiger partial charge is 0.319 e. The first-order valence-electron chi connectivity index (χ1n) is 10.0. The summed E-state index contributed by atoms with van der Waals surface area (Å²) in [6.45, 7) is 5.96. The Labute approximate surface area is 189 Å². The Bertz CT molecular complexity index is 1220. The number of pyridine rings is 1. The summed E-state index contributed by atoms with van der Waals surface area (Å²) in [5.74, 6) is -0.423. The van der Waals surface area contributed by atoms with E-state index >= 15 is 4.39 Å². The minimum Gasteiger partial charge on any atom is -0.355 e. The van der Waals surface area contributed by atoms with E-state index in [0.29, 0.717) is 46.2 Å². The van der Waals surface area contributed by atoms with Crippen molar-refractivity contribution < 1.29 is 9.18 Å². The van der Waals surface area contributed by atoms with Gasteiger partial charge in [-0.3, -0.25) is 4.98 Å². The molecule has 1 saturated heterocycles. The first-order chi connectivity index (χ1) is 15.2. The Morgan fingerprint density at radius 2 is 2.09 bits per heavy atom. The summed E-state index contributed by atoms with van der Waals surface area (Å²) in [6.07, 6.45) is 0. The molecule has 0 radical (unpaired) electrons. The van der Waals surface area contributed by atoms with Gasteiger partial charge in [-0.2, -0.15) is 10.5 Å². The Balaban J connectivity index is 1.65. The number of halogens is 1. The van der Waals surface area contributed by atoms with Crippen LogP contribution in [0.25, 0.3) is 10.6 Å². The second-order valence-corrected chi connectivity index (χ2v) is 9.34. The highest BCUT2D eigenvalue weighted by atomic mass is 32.2. The summed E-state index contributed by atoms with van der Waals surface area (Å²) >= 11 is 1.29. The van der Waals surface area contributed by atoms with Crippen LogP contribution in [0.3, 0.4) is 0 Å². The third-order valence-electron chi connectivity index (χ3n) is 5.41. The molecule has 3 heterocycles. The lowest BCUT2D eigenvalue weighted by molar-refractivity contribution is 0.0879. The summed E-state index contributed by atoms with van der Waals surface area (Å²) in [5, 5.41) is 24.6. The Kier molecular flexibility index (Phi) is 5.53. The standard InChI is InChI=1S/C23H21FN6OS/c1-13-7-17(18(24)14(2)27-13)20-19(16-6-4-5-15(8-16)9-25)28-21(32-20)29-22(31)30-11-23(3,10-26)12-30/h4-8,21,28H,11-12H2,1-3H3,(H,29,31). The molecule has 0 saturated carbocycles. The maximum Gasteiger partial charge on any atom is 0.319 e. The predicted molar refractivity (Wildman–Crippen MR) is 120 cm³/mol. The predicted octanol–water partition coefficient (Wildman–Crippen LogP) is 3.71. The third-order valence-corrected chi connectivity index (χ3v) is 6.54. The summed E-state index contributed by atoms with van der Waals surface area (Å²) in [4.78, 5) is 19.0. The normalized spacial score (nSPS) is 18.9. The van der Waals surface area contributed by atoms with Crippen molar-refractivity contribution in [3.05, 3.63) is 64.2 Å². The second kappa shape index (κ2) is 8.18. The monoisotopic (exact) mass is 448 g/mol. The van der Waals surface area contributed by atoms with Crippen LogP contribution in [0.2, 0.25) is 0 Å². The molecular formula is C23H21FN6OS. The van der Waals surface area contributed by atoms with Gasteiger partial charge in [0.2, 0.25) is 0 Å². The molecule has 7 nitrogen and oxygen atoms in total. The lowest BCUT2D eigenvalue weighted by Crippen LogP contribution is -2.60. The molecule has 0 spiro atoms. The quantitative estimate of drug-likeness (QED) is 0.742. The molecule has 1 atom stereocenters. The number of thioether (sulfide) groups is 1. The van der Waals surface area contributed by atoms with Crippen LogP contribution in [0, 0.1) is 47.7 Å². The topological polar surface area (TPSA) is 105 Å². The molecule has 2 N–H and O–H groups in total. The van der Waals surface area contributed by atoms with Crippen molar-refractivity contribution in [2.24, 2.45) is 5.41 Å². The molecule has 2 aromatic rings. The molecule has 162 valence electrons. The maximum atomic E-state index is 15.1. The van der Waals surface area contributed by atoms with Crippen molar-refractivity contribution in [1.82, 2.24) is 20.5 Å². The van der Waals surface area contributed by atoms with Crippen molar-refractivity contribution in [1.29, 1.82) is 10.5 Å². The number of carbonyl (C=O) groups is 1. The molecule has 0 aliphatic carbocycles. The number of hydrogen-bond acceptors (Lipinski definition) is 6. The van der Waals surface area contributed by atoms with Crippen LogP contribution in [0.1, 0.15) is 35.0 Å². The lowest BCUT2D eigenvalue weighted by atomic mass is 9.84. The van der Waals surface area contributed by atoms with Gasteiger partial charge in [-0.25, -0.2) is 9.18 Å². The number of carbonyl (C=O) groups excluding carboxylic acids is 1. The number of aryl methyl sites for hydroxylation is 2. The van der Waals surface area contributed by atoms with Crippen LogP contribution in [0.4, 0.5) is 9.18 Å². The van der Waals surface area contributed by atoms with E-state index in [1.54, 1.807) is 43.0 Å². The number of nitrogens with one attached hydrogen (secondary N) is 2. The fraction of sp³-hybridized carbons (Fsp3) is 0.304. The molecule has 2 amide bonds. The summed E-state index contributed by atoms with van der Waals surface area (Å²) in [6, 6.07) is 12.7. The molecule has 0 bridgehead atoms. The number of urea groups is 1. The number of amides is 2. The first-order valence-corrected chi connectivity index (χ1v) is 10.9.